The number of aliphatic hydroxyl groups excluding tert-OH is 1. The van der Waals surface area contributed by atoms with E-state index in [4.69, 9.17) is 16.3 Å². The molecular weight excluding hydrogens is 278 g/mol. The fraction of sp³-hybridized carbons (Fsp3) is 0.533. The molecule has 0 heterocycles. The molecule has 0 fully saturated rings. The second-order valence-electron chi connectivity index (χ2n) is 4.63. The van der Waals surface area contributed by atoms with Crippen molar-refractivity contribution in [3.63, 3.8) is 0 Å². The topological polar surface area (TPSA) is 58.6 Å². The lowest BCUT2D eigenvalue weighted by Gasteiger charge is -2.19. The van der Waals surface area contributed by atoms with Crippen LogP contribution >= 0.6 is 11.6 Å². The number of carbonyl (C=O) groups excluding carboxylic acids is 1. The van der Waals surface area contributed by atoms with Crippen molar-refractivity contribution < 1.29 is 14.6 Å². The molecule has 1 amide bonds. The molecule has 2 unspecified atom stereocenters. The van der Waals surface area contributed by atoms with Crippen LogP contribution in [0.4, 0.5) is 0 Å². The first-order chi connectivity index (χ1) is 9.58. The quantitative estimate of drug-likeness (QED) is 0.776. The Morgan fingerprint density at radius 1 is 1.40 bits per heavy atom. The summed E-state index contributed by atoms with van der Waals surface area (Å²) in [6.07, 6.45) is 0.957. The molecule has 1 aromatic carbocycles. The Balaban J connectivity index is 2.53. The van der Waals surface area contributed by atoms with Crippen molar-refractivity contribution in [2.24, 2.45) is 0 Å². The lowest BCUT2D eigenvalue weighted by Crippen LogP contribution is -2.41. The van der Waals surface area contributed by atoms with Gasteiger partial charge >= 0.3 is 0 Å². The number of halogens is 1. The molecule has 0 aliphatic rings. The van der Waals surface area contributed by atoms with E-state index in [1.165, 1.54) is 0 Å². The Morgan fingerprint density at radius 3 is 2.70 bits per heavy atom. The Bertz CT molecular complexity index is 425. The number of ether oxygens (including phenoxy) is 1. The number of para-hydroxylation sites is 1. The molecule has 1 aromatic rings. The van der Waals surface area contributed by atoms with Crippen LogP contribution in [0.25, 0.3) is 0 Å². The van der Waals surface area contributed by atoms with Crippen LogP contribution in [0.1, 0.15) is 33.1 Å². The number of benzene rings is 1. The largest absolute Gasteiger partial charge is 0.479 e. The van der Waals surface area contributed by atoms with E-state index in [2.05, 4.69) is 5.32 Å². The third-order valence-electron chi connectivity index (χ3n) is 2.90. The zero-order valence-electron chi connectivity index (χ0n) is 11.9. The van der Waals surface area contributed by atoms with Crippen LogP contribution < -0.4 is 10.1 Å². The molecule has 0 saturated carbocycles. The van der Waals surface area contributed by atoms with Gasteiger partial charge < -0.3 is 15.2 Å². The molecule has 0 bridgehead atoms. The summed E-state index contributed by atoms with van der Waals surface area (Å²) in [4.78, 5) is 12.0. The Kier molecular flexibility index (Phi) is 7.41. The molecule has 5 heteroatoms. The van der Waals surface area contributed by atoms with Crippen molar-refractivity contribution in [3.05, 3.63) is 29.3 Å². The zero-order valence-corrected chi connectivity index (χ0v) is 12.7. The van der Waals surface area contributed by atoms with Gasteiger partial charge in [-0.3, -0.25) is 4.79 Å². The molecule has 1 rings (SSSR count). The summed E-state index contributed by atoms with van der Waals surface area (Å²) in [7, 11) is 0. The minimum atomic E-state index is -0.608. The van der Waals surface area contributed by atoms with Gasteiger partial charge in [0.15, 0.2) is 6.10 Å². The molecule has 0 aromatic heterocycles. The highest BCUT2D eigenvalue weighted by Crippen LogP contribution is 2.24. The summed E-state index contributed by atoms with van der Waals surface area (Å²) in [6, 6.07) is 7.05. The number of nitrogens with one attached hydrogen (secondary N) is 1. The predicted molar refractivity (Wildman–Crippen MR) is 80.1 cm³/mol. The summed E-state index contributed by atoms with van der Waals surface area (Å²) in [5.41, 5.74) is 0. The van der Waals surface area contributed by atoms with Crippen molar-refractivity contribution in [2.45, 2.75) is 45.3 Å². The van der Waals surface area contributed by atoms with Gasteiger partial charge in [-0.1, -0.05) is 44.0 Å². The third kappa shape index (κ3) is 5.39. The van der Waals surface area contributed by atoms with E-state index in [1.807, 2.05) is 13.8 Å². The SMILES string of the molecule is CCCC(O)CNC(=O)C(CC)Oc1ccccc1Cl. The number of rotatable bonds is 8. The van der Waals surface area contributed by atoms with Gasteiger partial charge in [-0.15, -0.1) is 0 Å². The van der Waals surface area contributed by atoms with Crippen LogP contribution in [0.15, 0.2) is 24.3 Å². The van der Waals surface area contributed by atoms with E-state index in [-0.39, 0.29) is 12.5 Å². The average Bonchev–Trinajstić information content (AvgIpc) is 2.44. The summed E-state index contributed by atoms with van der Waals surface area (Å²) in [5, 5.41) is 12.8. The van der Waals surface area contributed by atoms with Gasteiger partial charge in [0.2, 0.25) is 0 Å². The highest BCUT2D eigenvalue weighted by atomic mass is 35.5. The van der Waals surface area contributed by atoms with Crippen LogP contribution in [0.2, 0.25) is 5.02 Å². The Morgan fingerprint density at radius 2 is 2.10 bits per heavy atom. The molecule has 20 heavy (non-hydrogen) atoms. The first-order valence-corrected chi connectivity index (χ1v) is 7.33. The van der Waals surface area contributed by atoms with E-state index in [0.717, 1.165) is 6.42 Å². The minimum Gasteiger partial charge on any atom is -0.479 e. The highest BCUT2D eigenvalue weighted by molar-refractivity contribution is 6.32. The van der Waals surface area contributed by atoms with Crippen LogP contribution in [0, 0.1) is 0 Å². The van der Waals surface area contributed by atoms with Gasteiger partial charge in [0, 0.05) is 6.54 Å². The number of amides is 1. The maximum atomic E-state index is 12.0. The van der Waals surface area contributed by atoms with E-state index in [0.29, 0.717) is 23.6 Å². The zero-order chi connectivity index (χ0) is 15.0. The molecule has 0 spiro atoms. The fourth-order valence-corrected chi connectivity index (χ4v) is 1.96. The van der Waals surface area contributed by atoms with Crippen LogP contribution in [0.5, 0.6) is 5.75 Å². The van der Waals surface area contributed by atoms with Crippen LogP contribution in [-0.2, 0) is 4.79 Å². The maximum absolute atomic E-state index is 12.0. The predicted octanol–water partition coefficient (Wildman–Crippen LogP) is 2.77. The molecule has 112 valence electrons. The van der Waals surface area contributed by atoms with Crippen molar-refractivity contribution in [3.8, 4) is 5.75 Å². The summed E-state index contributed by atoms with van der Waals surface area (Å²) >= 11 is 6.00. The van der Waals surface area contributed by atoms with Gasteiger partial charge in [0.05, 0.1) is 11.1 Å². The van der Waals surface area contributed by atoms with Crippen molar-refractivity contribution in [1.82, 2.24) is 5.32 Å². The molecule has 4 nitrogen and oxygen atoms in total. The first kappa shape index (κ1) is 16.8. The van der Waals surface area contributed by atoms with Crippen LogP contribution in [0.3, 0.4) is 0 Å². The number of aliphatic hydroxyl groups is 1. The van der Waals surface area contributed by atoms with Crippen molar-refractivity contribution in [2.75, 3.05) is 6.54 Å². The minimum absolute atomic E-state index is 0.234. The van der Waals surface area contributed by atoms with Gasteiger partial charge in [-0.2, -0.15) is 0 Å². The maximum Gasteiger partial charge on any atom is 0.261 e. The number of hydrogen-bond acceptors (Lipinski definition) is 3. The van der Waals surface area contributed by atoms with Crippen molar-refractivity contribution in [1.29, 1.82) is 0 Å². The Hall–Kier alpha value is -1.26. The Labute approximate surface area is 125 Å². The molecule has 0 aliphatic heterocycles. The van der Waals surface area contributed by atoms with Gasteiger partial charge in [-0.05, 0) is 25.0 Å². The molecule has 0 aliphatic carbocycles. The van der Waals surface area contributed by atoms with Gasteiger partial charge in [-0.25, -0.2) is 0 Å². The normalized spacial score (nSPS) is 13.6. The van der Waals surface area contributed by atoms with Gasteiger partial charge in [0.25, 0.3) is 5.91 Å². The molecule has 0 radical (unpaired) electrons. The fourth-order valence-electron chi connectivity index (χ4n) is 1.78. The van der Waals surface area contributed by atoms with Crippen molar-refractivity contribution >= 4 is 17.5 Å². The molecular formula is C15H22ClNO3. The lowest BCUT2D eigenvalue weighted by molar-refractivity contribution is -0.128. The monoisotopic (exact) mass is 299 g/mol. The summed E-state index contributed by atoms with van der Waals surface area (Å²) in [5.74, 6) is 0.257. The average molecular weight is 300 g/mol. The number of hydrogen-bond donors (Lipinski definition) is 2. The lowest BCUT2D eigenvalue weighted by atomic mass is 10.2. The number of carbonyl (C=O) groups is 1. The van der Waals surface area contributed by atoms with E-state index in [9.17, 15) is 9.90 Å². The summed E-state index contributed by atoms with van der Waals surface area (Å²) in [6.45, 7) is 4.10. The summed E-state index contributed by atoms with van der Waals surface area (Å²) < 4.78 is 5.62. The highest BCUT2D eigenvalue weighted by Gasteiger charge is 2.19. The third-order valence-corrected chi connectivity index (χ3v) is 3.22. The molecule has 2 N–H and O–H groups in total. The smallest absolute Gasteiger partial charge is 0.261 e. The molecule has 2 atom stereocenters. The van der Waals surface area contributed by atoms with E-state index < -0.39 is 12.2 Å². The van der Waals surface area contributed by atoms with E-state index in [1.54, 1.807) is 24.3 Å². The van der Waals surface area contributed by atoms with Gasteiger partial charge in [0.1, 0.15) is 5.75 Å². The second-order valence-corrected chi connectivity index (χ2v) is 5.04. The van der Waals surface area contributed by atoms with Crippen LogP contribution in [-0.4, -0.2) is 29.8 Å². The van der Waals surface area contributed by atoms with E-state index >= 15 is 0 Å². The first-order valence-electron chi connectivity index (χ1n) is 6.95. The second kappa shape index (κ2) is 8.82. The standard InChI is InChI=1S/C15H22ClNO3/c1-3-7-11(18)10-17-15(19)13(4-2)20-14-9-6-5-8-12(14)16/h5-6,8-9,11,13,18H,3-4,7,10H2,1-2H3,(H,17,19). The molecule has 0 saturated heterocycles.